The number of aromatic nitrogens is 1. The molecular weight excluding hydrogens is 277 g/mol. The van der Waals surface area contributed by atoms with Crippen molar-refractivity contribution in [3.63, 3.8) is 0 Å². The Morgan fingerprint density at radius 1 is 1.16 bits per heavy atom. The van der Waals surface area contributed by atoms with E-state index in [0.29, 0.717) is 16.4 Å². The Morgan fingerprint density at radius 3 is 2.37 bits per heavy atom. The van der Waals surface area contributed by atoms with E-state index in [0.717, 1.165) is 17.7 Å². The van der Waals surface area contributed by atoms with E-state index < -0.39 is 17.5 Å². The van der Waals surface area contributed by atoms with Gasteiger partial charge in [-0.05, 0) is 36.2 Å². The molecule has 1 N–H and O–H groups in total. The lowest BCUT2D eigenvalue weighted by atomic mass is 10.2. The van der Waals surface area contributed by atoms with Gasteiger partial charge in [0, 0.05) is 6.54 Å². The molecule has 0 saturated heterocycles. The highest BCUT2D eigenvalue weighted by atomic mass is 35.5. The molecule has 0 amide bonds. The average Bonchev–Trinajstić information content (AvgIpc) is 2.37. The summed E-state index contributed by atoms with van der Waals surface area (Å²) in [4.78, 5) is 3.93. The van der Waals surface area contributed by atoms with Crippen molar-refractivity contribution in [2.75, 3.05) is 5.32 Å². The van der Waals surface area contributed by atoms with Crippen LogP contribution in [0.5, 0.6) is 0 Å². The third-order valence-electron chi connectivity index (χ3n) is 2.55. The fourth-order valence-electron chi connectivity index (χ4n) is 1.57. The van der Waals surface area contributed by atoms with Crippen molar-refractivity contribution >= 4 is 17.3 Å². The van der Waals surface area contributed by atoms with Crippen molar-refractivity contribution in [2.45, 2.75) is 13.5 Å². The smallest absolute Gasteiger partial charge is 0.194 e. The molecular formula is C13H10ClF3N2. The third kappa shape index (κ3) is 3.17. The predicted molar refractivity (Wildman–Crippen MR) is 67.6 cm³/mol. The number of nitrogens with zero attached hydrogens (tertiary/aromatic N) is 1. The number of halogens is 4. The SMILES string of the molecule is Cc1cc(NCc2cc(F)c(F)c(F)c2)cnc1Cl. The van der Waals surface area contributed by atoms with Crippen molar-refractivity contribution in [1.82, 2.24) is 4.98 Å². The Labute approximate surface area is 113 Å². The second-order valence-corrected chi connectivity index (χ2v) is 4.42. The lowest BCUT2D eigenvalue weighted by Gasteiger charge is -2.08. The molecule has 6 heteroatoms. The lowest BCUT2D eigenvalue weighted by molar-refractivity contribution is 0.445. The van der Waals surface area contributed by atoms with Crippen molar-refractivity contribution in [3.05, 3.63) is 58.1 Å². The van der Waals surface area contributed by atoms with Gasteiger partial charge in [0.05, 0.1) is 11.9 Å². The van der Waals surface area contributed by atoms with Gasteiger partial charge in [0.15, 0.2) is 17.5 Å². The highest BCUT2D eigenvalue weighted by Crippen LogP contribution is 2.18. The Bertz CT molecular complexity index is 594. The minimum atomic E-state index is -1.47. The summed E-state index contributed by atoms with van der Waals surface area (Å²) >= 11 is 5.78. The molecule has 0 bridgehead atoms. The number of rotatable bonds is 3. The zero-order valence-electron chi connectivity index (χ0n) is 9.98. The van der Waals surface area contributed by atoms with E-state index in [4.69, 9.17) is 11.6 Å². The molecule has 0 atom stereocenters. The van der Waals surface area contributed by atoms with Crippen LogP contribution >= 0.6 is 11.6 Å². The summed E-state index contributed by atoms with van der Waals surface area (Å²) in [5.41, 5.74) is 1.74. The Balaban J connectivity index is 2.12. The quantitative estimate of drug-likeness (QED) is 0.679. The molecule has 0 aliphatic carbocycles. The van der Waals surface area contributed by atoms with Gasteiger partial charge in [0.25, 0.3) is 0 Å². The van der Waals surface area contributed by atoms with E-state index in [1.807, 2.05) is 0 Å². The van der Waals surface area contributed by atoms with Crippen LogP contribution in [0.2, 0.25) is 5.15 Å². The summed E-state index contributed by atoms with van der Waals surface area (Å²) in [6.07, 6.45) is 1.51. The van der Waals surface area contributed by atoms with E-state index >= 15 is 0 Å². The summed E-state index contributed by atoms with van der Waals surface area (Å²) in [6, 6.07) is 3.65. The molecule has 100 valence electrons. The first-order valence-corrected chi connectivity index (χ1v) is 5.84. The second-order valence-electron chi connectivity index (χ2n) is 4.06. The fourth-order valence-corrected chi connectivity index (χ4v) is 1.67. The normalized spacial score (nSPS) is 10.6. The van der Waals surface area contributed by atoms with Crippen LogP contribution < -0.4 is 5.32 Å². The van der Waals surface area contributed by atoms with Gasteiger partial charge in [-0.2, -0.15) is 0 Å². The molecule has 0 aliphatic rings. The molecule has 2 aromatic rings. The van der Waals surface area contributed by atoms with Crippen molar-refractivity contribution < 1.29 is 13.2 Å². The minimum absolute atomic E-state index is 0.150. The van der Waals surface area contributed by atoms with Crippen LogP contribution in [0.3, 0.4) is 0 Å². The first-order chi connectivity index (χ1) is 8.97. The molecule has 1 heterocycles. The summed E-state index contributed by atoms with van der Waals surface area (Å²) in [7, 11) is 0. The molecule has 0 radical (unpaired) electrons. The molecule has 19 heavy (non-hydrogen) atoms. The first-order valence-electron chi connectivity index (χ1n) is 5.47. The molecule has 0 aliphatic heterocycles. The van der Waals surface area contributed by atoms with Crippen LogP contribution in [-0.4, -0.2) is 4.98 Å². The third-order valence-corrected chi connectivity index (χ3v) is 2.95. The van der Waals surface area contributed by atoms with E-state index in [1.165, 1.54) is 6.20 Å². The molecule has 0 fully saturated rings. The Kier molecular flexibility index (Phi) is 3.95. The van der Waals surface area contributed by atoms with E-state index in [9.17, 15) is 13.2 Å². The maximum atomic E-state index is 13.0. The minimum Gasteiger partial charge on any atom is -0.380 e. The van der Waals surface area contributed by atoms with Gasteiger partial charge in [-0.15, -0.1) is 0 Å². The summed E-state index contributed by atoms with van der Waals surface area (Å²) in [6.45, 7) is 1.94. The van der Waals surface area contributed by atoms with Gasteiger partial charge in [0.1, 0.15) is 5.15 Å². The van der Waals surface area contributed by atoms with Crippen LogP contribution in [0.4, 0.5) is 18.9 Å². The van der Waals surface area contributed by atoms with Crippen molar-refractivity contribution in [3.8, 4) is 0 Å². The predicted octanol–water partition coefficient (Wildman–Crippen LogP) is 4.07. The second kappa shape index (κ2) is 5.48. The van der Waals surface area contributed by atoms with Crippen LogP contribution in [0.1, 0.15) is 11.1 Å². The molecule has 2 rings (SSSR count). The van der Waals surface area contributed by atoms with Crippen LogP contribution in [0, 0.1) is 24.4 Å². The zero-order valence-corrected chi connectivity index (χ0v) is 10.7. The topological polar surface area (TPSA) is 24.9 Å². The van der Waals surface area contributed by atoms with Crippen molar-refractivity contribution in [2.24, 2.45) is 0 Å². The van der Waals surface area contributed by atoms with Crippen LogP contribution in [0.15, 0.2) is 24.4 Å². The Hall–Kier alpha value is -1.75. The van der Waals surface area contributed by atoms with E-state index in [2.05, 4.69) is 10.3 Å². The molecule has 0 saturated carbocycles. The summed E-state index contributed by atoms with van der Waals surface area (Å²) in [5.74, 6) is -3.88. The summed E-state index contributed by atoms with van der Waals surface area (Å²) < 4.78 is 38.8. The van der Waals surface area contributed by atoms with Gasteiger partial charge >= 0.3 is 0 Å². The Morgan fingerprint density at radius 2 is 1.79 bits per heavy atom. The number of aryl methyl sites for hydroxylation is 1. The van der Waals surface area contributed by atoms with E-state index in [-0.39, 0.29) is 6.54 Å². The van der Waals surface area contributed by atoms with Gasteiger partial charge in [0.2, 0.25) is 0 Å². The molecule has 0 unspecified atom stereocenters. The molecule has 1 aromatic heterocycles. The van der Waals surface area contributed by atoms with Gasteiger partial charge in [-0.25, -0.2) is 18.2 Å². The molecule has 2 nitrogen and oxygen atoms in total. The highest BCUT2D eigenvalue weighted by molar-refractivity contribution is 6.30. The fraction of sp³-hybridized carbons (Fsp3) is 0.154. The summed E-state index contributed by atoms with van der Waals surface area (Å²) in [5, 5.41) is 3.32. The number of benzene rings is 1. The standard InChI is InChI=1S/C13H10ClF3N2/c1-7-2-9(6-19-13(7)14)18-5-8-3-10(15)12(17)11(16)4-8/h2-4,6,18H,5H2,1H3. The van der Waals surface area contributed by atoms with Gasteiger partial charge in [-0.3, -0.25) is 0 Å². The van der Waals surface area contributed by atoms with E-state index in [1.54, 1.807) is 13.0 Å². The van der Waals surface area contributed by atoms with Crippen molar-refractivity contribution in [1.29, 1.82) is 0 Å². The number of pyridine rings is 1. The zero-order chi connectivity index (χ0) is 14.0. The number of anilines is 1. The number of hydrogen-bond acceptors (Lipinski definition) is 2. The molecule has 0 spiro atoms. The van der Waals surface area contributed by atoms with Gasteiger partial charge in [-0.1, -0.05) is 11.6 Å². The maximum absolute atomic E-state index is 13.0. The lowest BCUT2D eigenvalue weighted by Crippen LogP contribution is -2.03. The highest BCUT2D eigenvalue weighted by Gasteiger charge is 2.10. The largest absolute Gasteiger partial charge is 0.380 e. The van der Waals surface area contributed by atoms with Gasteiger partial charge < -0.3 is 5.32 Å². The average molecular weight is 287 g/mol. The number of nitrogens with one attached hydrogen (secondary N) is 1. The molecule has 1 aromatic carbocycles. The first kappa shape index (κ1) is 13.7. The number of hydrogen-bond donors (Lipinski definition) is 1. The monoisotopic (exact) mass is 286 g/mol. The van der Waals surface area contributed by atoms with Crippen LogP contribution in [0.25, 0.3) is 0 Å². The van der Waals surface area contributed by atoms with Crippen LogP contribution in [-0.2, 0) is 6.54 Å². The maximum Gasteiger partial charge on any atom is 0.194 e.